The van der Waals surface area contributed by atoms with Crippen LogP contribution in [0.5, 0.6) is 0 Å². The molecule has 2 aliphatic heterocycles. The Morgan fingerprint density at radius 1 is 1.24 bits per heavy atom. The van der Waals surface area contributed by atoms with E-state index in [2.05, 4.69) is 54.5 Å². The van der Waals surface area contributed by atoms with Gasteiger partial charge in [-0.05, 0) is 51.5 Å². The van der Waals surface area contributed by atoms with Gasteiger partial charge in [-0.15, -0.1) is 0 Å². The number of carboxylic acids is 1. The van der Waals surface area contributed by atoms with Gasteiger partial charge < -0.3 is 15.3 Å². The van der Waals surface area contributed by atoms with Gasteiger partial charge in [-0.3, -0.25) is 9.80 Å². The van der Waals surface area contributed by atoms with Crippen molar-refractivity contribution in [2.45, 2.75) is 36.3 Å². The molecule has 1 aromatic rings. The van der Waals surface area contributed by atoms with Gasteiger partial charge in [-0.25, -0.2) is 9.78 Å². The number of nitrogens with zero attached hydrogens (tertiary/aromatic N) is 4. The first-order chi connectivity index (χ1) is 14.0. The molecule has 0 saturated carbocycles. The second-order valence-corrected chi connectivity index (χ2v) is 9.99. The van der Waals surface area contributed by atoms with Gasteiger partial charge in [-0.2, -0.15) is 0 Å². The Hall–Kier alpha value is -0.810. The van der Waals surface area contributed by atoms with E-state index in [0.717, 1.165) is 71.0 Å². The molecule has 0 spiro atoms. The number of halogens is 1. The molecule has 1 aromatic heterocycles. The van der Waals surface area contributed by atoms with E-state index in [1.807, 2.05) is 6.07 Å². The largest absolute Gasteiger partial charge is 0.477 e. The van der Waals surface area contributed by atoms with E-state index in [4.69, 9.17) is 0 Å². The van der Waals surface area contributed by atoms with Crippen molar-refractivity contribution in [1.82, 2.24) is 25.0 Å². The van der Waals surface area contributed by atoms with Crippen molar-refractivity contribution in [3.63, 3.8) is 0 Å². The number of hydrogen-bond acceptors (Lipinski definition) is 6. The molecular formula is C21H34IN5O2. The number of aromatic nitrogens is 1. The molecule has 29 heavy (non-hydrogen) atoms. The number of aromatic carboxylic acids is 1. The van der Waals surface area contributed by atoms with E-state index >= 15 is 0 Å². The molecule has 2 fully saturated rings. The van der Waals surface area contributed by atoms with E-state index in [1.54, 1.807) is 12.1 Å². The molecule has 4 unspecified atom stereocenters. The number of carbonyl (C=O) groups is 1. The van der Waals surface area contributed by atoms with Crippen molar-refractivity contribution in [2.75, 3.05) is 58.9 Å². The van der Waals surface area contributed by atoms with Gasteiger partial charge in [0.15, 0.2) is 0 Å². The highest BCUT2D eigenvalue weighted by Crippen LogP contribution is 2.13. The van der Waals surface area contributed by atoms with E-state index in [1.165, 1.54) is 6.42 Å². The normalized spacial score (nSPS) is 30.4. The van der Waals surface area contributed by atoms with Gasteiger partial charge in [-0.1, -0.05) is 28.7 Å². The fraction of sp³-hybridized carbons (Fsp3) is 0.714. The molecule has 3 heterocycles. The number of fused-ring (bicyclic) bond motifs is 4. The Balaban J connectivity index is 1.72. The molecule has 0 amide bonds. The van der Waals surface area contributed by atoms with Crippen molar-refractivity contribution in [1.29, 1.82) is 0 Å². The van der Waals surface area contributed by atoms with Gasteiger partial charge in [0.25, 0.3) is 0 Å². The van der Waals surface area contributed by atoms with Crippen molar-refractivity contribution in [3.8, 4) is 0 Å². The molecule has 162 valence electrons. The highest BCUT2D eigenvalue weighted by molar-refractivity contribution is 14.1. The maximum Gasteiger partial charge on any atom is 0.354 e. The first-order valence-electron chi connectivity index (χ1n) is 10.7. The quantitative estimate of drug-likeness (QED) is 0.470. The number of hydrogen-bond donors (Lipinski definition) is 2. The summed E-state index contributed by atoms with van der Waals surface area (Å²) in [5.41, 5.74) is 0.970. The van der Waals surface area contributed by atoms with Gasteiger partial charge in [0.1, 0.15) is 5.69 Å². The van der Waals surface area contributed by atoms with Crippen LogP contribution in [-0.2, 0) is 6.54 Å². The third-order valence-electron chi connectivity index (χ3n) is 5.95. The fourth-order valence-electron chi connectivity index (χ4n) is 4.19. The van der Waals surface area contributed by atoms with E-state index in [9.17, 15) is 9.90 Å². The molecule has 8 heteroatoms. The van der Waals surface area contributed by atoms with Crippen molar-refractivity contribution < 1.29 is 9.90 Å². The molecular weight excluding hydrogens is 481 g/mol. The predicted molar refractivity (Wildman–Crippen MR) is 124 cm³/mol. The lowest BCUT2D eigenvalue weighted by atomic mass is 10.1. The van der Waals surface area contributed by atoms with Crippen LogP contribution in [0.25, 0.3) is 0 Å². The highest BCUT2D eigenvalue weighted by atomic mass is 127. The van der Waals surface area contributed by atoms with Crippen LogP contribution in [0.1, 0.15) is 35.9 Å². The van der Waals surface area contributed by atoms with Crippen LogP contribution in [-0.4, -0.2) is 99.6 Å². The molecule has 2 bridgehead atoms. The maximum atomic E-state index is 11.3. The first kappa shape index (κ1) is 22.9. The summed E-state index contributed by atoms with van der Waals surface area (Å²) in [5.74, 6) is -0.962. The van der Waals surface area contributed by atoms with Gasteiger partial charge in [0, 0.05) is 55.8 Å². The lowest BCUT2D eigenvalue weighted by Gasteiger charge is -2.30. The van der Waals surface area contributed by atoms with E-state index < -0.39 is 5.97 Å². The number of nitrogens with one attached hydrogen (secondary N) is 1. The zero-order valence-corrected chi connectivity index (χ0v) is 19.6. The monoisotopic (exact) mass is 515 g/mol. The summed E-state index contributed by atoms with van der Waals surface area (Å²) in [4.78, 5) is 23.3. The molecule has 2 saturated heterocycles. The minimum atomic E-state index is -0.962. The van der Waals surface area contributed by atoms with Crippen LogP contribution in [0, 0.1) is 0 Å². The van der Waals surface area contributed by atoms with E-state index in [0.29, 0.717) is 16.5 Å². The summed E-state index contributed by atoms with van der Waals surface area (Å²) in [6.07, 6.45) is 2.34. The summed E-state index contributed by atoms with van der Waals surface area (Å²) < 4.78 is 0.611. The number of carboxylic acid groups (broad SMARTS) is 1. The topological polar surface area (TPSA) is 71.9 Å². The average Bonchev–Trinajstić information content (AvgIpc) is 2.75. The summed E-state index contributed by atoms with van der Waals surface area (Å²) in [7, 11) is 0. The van der Waals surface area contributed by atoms with Crippen LogP contribution in [0.4, 0.5) is 0 Å². The lowest BCUT2D eigenvalue weighted by Crippen LogP contribution is -2.41. The zero-order valence-electron chi connectivity index (χ0n) is 17.4. The molecule has 4 atom stereocenters. The number of rotatable bonds is 3. The van der Waals surface area contributed by atoms with Crippen molar-refractivity contribution in [2.24, 2.45) is 0 Å². The SMILES string of the molecule is CC1CCN2CCN(Cc3cccc(C(=O)O)n3)CCCN1CCNCC(I)C2. The summed E-state index contributed by atoms with van der Waals surface area (Å²) in [6, 6.07) is 5.90. The molecule has 0 aromatic carbocycles. The molecule has 7 nitrogen and oxygen atoms in total. The second kappa shape index (κ2) is 11.5. The van der Waals surface area contributed by atoms with Gasteiger partial charge in [0.05, 0.1) is 5.69 Å². The minimum absolute atomic E-state index is 0.129. The van der Waals surface area contributed by atoms with Crippen LogP contribution in [0.2, 0.25) is 0 Å². The summed E-state index contributed by atoms with van der Waals surface area (Å²) in [6.45, 7) is 12.7. The number of alkyl halides is 1. The average molecular weight is 515 g/mol. The smallest absolute Gasteiger partial charge is 0.354 e. The van der Waals surface area contributed by atoms with Crippen LogP contribution in [0.3, 0.4) is 0 Å². The van der Waals surface area contributed by atoms with Crippen LogP contribution < -0.4 is 5.32 Å². The Kier molecular flexibility index (Phi) is 9.10. The van der Waals surface area contributed by atoms with Gasteiger partial charge in [0.2, 0.25) is 0 Å². The Bertz CT molecular complexity index is 662. The highest BCUT2D eigenvalue weighted by Gasteiger charge is 2.21. The fourth-order valence-corrected chi connectivity index (χ4v) is 5.06. The molecule has 0 aliphatic carbocycles. The Morgan fingerprint density at radius 2 is 2.10 bits per heavy atom. The standard InChI is InChI=1S/C21H34IN5O2/c1-17-6-10-26-13-12-25(16-19-4-2-5-20(24-19)21(28)29)8-3-9-27(17)11-7-23-14-18(22)15-26/h2,4-5,17-18,23H,3,6-16H2,1H3,(H,28,29). The van der Waals surface area contributed by atoms with E-state index in [-0.39, 0.29) is 5.69 Å². The molecule has 2 aliphatic rings. The maximum absolute atomic E-state index is 11.3. The third kappa shape index (κ3) is 7.43. The Morgan fingerprint density at radius 3 is 2.93 bits per heavy atom. The predicted octanol–water partition coefficient (Wildman–Crippen LogP) is 1.77. The van der Waals surface area contributed by atoms with Crippen molar-refractivity contribution in [3.05, 3.63) is 29.6 Å². The van der Waals surface area contributed by atoms with Crippen LogP contribution >= 0.6 is 22.6 Å². The molecule has 3 rings (SSSR count). The lowest BCUT2D eigenvalue weighted by molar-refractivity contribution is 0.0690. The Labute approximate surface area is 188 Å². The molecule has 0 radical (unpaired) electrons. The van der Waals surface area contributed by atoms with Crippen molar-refractivity contribution >= 4 is 28.6 Å². The first-order valence-corrected chi connectivity index (χ1v) is 12.0. The summed E-state index contributed by atoms with van der Waals surface area (Å²) >= 11 is 2.58. The second-order valence-electron chi connectivity index (χ2n) is 8.22. The third-order valence-corrected chi connectivity index (χ3v) is 6.78. The minimum Gasteiger partial charge on any atom is -0.477 e. The van der Waals surface area contributed by atoms with Crippen LogP contribution in [0.15, 0.2) is 18.2 Å². The molecule has 2 N–H and O–H groups in total. The zero-order chi connectivity index (χ0) is 20.6. The summed E-state index contributed by atoms with van der Waals surface area (Å²) in [5, 5.41) is 12.9. The van der Waals surface area contributed by atoms with Gasteiger partial charge >= 0.3 is 5.97 Å². The number of pyridine rings is 1.